The van der Waals surface area contributed by atoms with Crippen LogP contribution >= 0.6 is 46.4 Å². The number of sulfonamides is 1. The van der Waals surface area contributed by atoms with Crippen LogP contribution in [-0.4, -0.2) is 28.0 Å². The zero-order chi connectivity index (χ0) is 17.6. The molecular formula is C12H7Cl4N5O2S. The van der Waals surface area contributed by atoms with E-state index in [4.69, 9.17) is 46.4 Å². The van der Waals surface area contributed by atoms with Crippen LogP contribution in [-0.2, 0) is 10.0 Å². The van der Waals surface area contributed by atoms with Crippen LogP contribution in [0.15, 0.2) is 23.4 Å². The topological polar surface area (TPSA) is 89.2 Å². The highest BCUT2D eigenvalue weighted by Crippen LogP contribution is 2.34. The van der Waals surface area contributed by atoms with Gasteiger partial charge in [0.25, 0.3) is 21.0 Å². The Balaban J connectivity index is 2.09. The lowest BCUT2D eigenvalue weighted by Crippen LogP contribution is -2.15. The Kier molecular flexibility index (Phi) is 4.52. The lowest BCUT2D eigenvalue weighted by atomic mass is 10.2. The van der Waals surface area contributed by atoms with Gasteiger partial charge in [-0.1, -0.05) is 52.5 Å². The summed E-state index contributed by atoms with van der Waals surface area (Å²) in [7, 11) is -4.17. The second-order valence-electron chi connectivity index (χ2n) is 4.67. The van der Waals surface area contributed by atoms with E-state index in [1.807, 2.05) is 0 Å². The van der Waals surface area contributed by atoms with Crippen LogP contribution < -0.4 is 4.72 Å². The van der Waals surface area contributed by atoms with Crippen molar-refractivity contribution in [2.75, 3.05) is 4.72 Å². The fourth-order valence-electron chi connectivity index (χ4n) is 1.83. The summed E-state index contributed by atoms with van der Waals surface area (Å²) in [5.74, 6) is -0.0608. The molecule has 0 saturated carbocycles. The van der Waals surface area contributed by atoms with E-state index in [1.54, 1.807) is 13.0 Å². The minimum Gasteiger partial charge on any atom is -0.274 e. The number of aryl methyl sites for hydroxylation is 1. The van der Waals surface area contributed by atoms with Crippen molar-refractivity contribution in [3.05, 3.63) is 44.1 Å². The Bertz CT molecular complexity index is 1070. The molecule has 0 fully saturated rings. The third-order valence-corrected chi connectivity index (χ3v) is 5.37. The molecule has 0 bridgehead atoms. The minimum atomic E-state index is -4.17. The number of rotatable bonds is 3. The Morgan fingerprint density at radius 3 is 2.54 bits per heavy atom. The fourth-order valence-corrected chi connectivity index (χ4v) is 3.82. The molecule has 24 heavy (non-hydrogen) atoms. The molecule has 0 atom stereocenters. The van der Waals surface area contributed by atoms with Crippen LogP contribution in [0, 0.1) is 6.92 Å². The van der Waals surface area contributed by atoms with Crippen LogP contribution in [0.25, 0.3) is 5.78 Å². The second kappa shape index (κ2) is 6.20. The number of hydrogen-bond acceptors (Lipinski definition) is 5. The summed E-state index contributed by atoms with van der Waals surface area (Å²) in [6.07, 6.45) is 0. The van der Waals surface area contributed by atoms with Gasteiger partial charge in [-0.15, -0.1) is 5.10 Å². The van der Waals surface area contributed by atoms with Crippen LogP contribution in [0.4, 0.5) is 5.69 Å². The third kappa shape index (κ3) is 3.12. The summed E-state index contributed by atoms with van der Waals surface area (Å²) in [5, 5.41) is 3.70. The smallest absolute Gasteiger partial charge is 0.274 e. The van der Waals surface area contributed by atoms with Gasteiger partial charge in [0.15, 0.2) is 0 Å². The van der Waals surface area contributed by atoms with Crippen LogP contribution in [0.5, 0.6) is 0 Å². The summed E-state index contributed by atoms with van der Waals surface area (Å²) in [4.78, 5) is 7.67. The monoisotopic (exact) mass is 425 g/mol. The second-order valence-corrected chi connectivity index (χ2v) is 7.80. The molecular weight excluding hydrogens is 420 g/mol. The normalized spacial score (nSPS) is 11.9. The molecule has 0 amide bonds. The van der Waals surface area contributed by atoms with Crippen LogP contribution in [0.1, 0.15) is 5.56 Å². The van der Waals surface area contributed by atoms with Crippen molar-refractivity contribution in [3.8, 4) is 0 Å². The van der Waals surface area contributed by atoms with E-state index < -0.39 is 15.2 Å². The summed E-state index contributed by atoms with van der Waals surface area (Å²) in [6, 6.07) is 4.50. The van der Waals surface area contributed by atoms with Gasteiger partial charge in [0, 0.05) is 6.07 Å². The van der Waals surface area contributed by atoms with E-state index in [0.29, 0.717) is 5.56 Å². The first-order valence-electron chi connectivity index (χ1n) is 6.25. The van der Waals surface area contributed by atoms with E-state index in [0.717, 1.165) is 4.52 Å². The van der Waals surface area contributed by atoms with Crippen LogP contribution in [0.3, 0.4) is 0 Å². The van der Waals surface area contributed by atoms with E-state index in [1.165, 1.54) is 12.1 Å². The number of aromatic nitrogens is 4. The zero-order valence-corrected chi connectivity index (χ0v) is 15.6. The number of benzene rings is 1. The van der Waals surface area contributed by atoms with E-state index in [-0.39, 0.29) is 31.8 Å². The van der Waals surface area contributed by atoms with Crippen molar-refractivity contribution < 1.29 is 8.42 Å². The molecule has 0 aliphatic rings. The van der Waals surface area contributed by atoms with Crippen molar-refractivity contribution in [1.82, 2.24) is 19.6 Å². The summed E-state index contributed by atoms with van der Waals surface area (Å²) >= 11 is 23.8. The highest BCUT2D eigenvalue weighted by Gasteiger charge is 2.24. The highest BCUT2D eigenvalue weighted by atomic mass is 35.5. The number of hydrogen-bond donors (Lipinski definition) is 1. The summed E-state index contributed by atoms with van der Waals surface area (Å²) < 4.78 is 28.3. The minimum absolute atomic E-state index is 0.0364. The number of halogens is 4. The predicted octanol–water partition coefficient (Wildman–Crippen LogP) is 3.85. The molecule has 1 N–H and O–H groups in total. The van der Waals surface area contributed by atoms with Crippen molar-refractivity contribution in [2.24, 2.45) is 0 Å². The van der Waals surface area contributed by atoms with Crippen molar-refractivity contribution in [3.63, 3.8) is 0 Å². The Labute approximate surface area is 156 Å². The SMILES string of the molecule is Cc1ccc(Cl)c(NS(=O)(=O)c2nc3nc(Cl)cc(Cl)n3n2)c1Cl. The molecule has 0 aliphatic carbocycles. The molecule has 0 unspecified atom stereocenters. The standard InChI is InChI=1S/C12H7Cl4N5O2S/c1-5-2-3-6(13)10(9(5)16)20-24(22,23)12-18-11-17-7(14)4-8(15)21(11)19-12/h2-4,20H,1H3. The average molecular weight is 427 g/mol. The molecule has 0 radical (unpaired) electrons. The largest absolute Gasteiger partial charge is 0.299 e. The highest BCUT2D eigenvalue weighted by molar-refractivity contribution is 7.92. The molecule has 3 rings (SSSR count). The van der Waals surface area contributed by atoms with Gasteiger partial charge in [-0.25, -0.2) is 0 Å². The van der Waals surface area contributed by atoms with E-state index in [9.17, 15) is 8.42 Å². The molecule has 0 aliphatic heterocycles. The molecule has 0 saturated heterocycles. The molecule has 0 spiro atoms. The van der Waals surface area contributed by atoms with Gasteiger partial charge in [-0.05, 0) is 18.6 Å². The lowest BCUT2D eigenvalue weighted by Gasteiger charge is -2.10. The summed E-state index contributed by atoms with van der Waals surface area (Å²) in [6.45, 7) is 1.71. The van der Waals surface area contributed by atoms with Crippen molar-refractivity contribution in [2.45, 2.75) is 12.1 Å². The number of anilines is 1. The fraction of sp³-hybridized carbons (Fsp3) is 0.0833. The van der Waals surface area contributed by atoms with Gasteiger partial charge in [0.05, 0.1) is 15.7 Å². The van der Waals surface area contributed by atoms with Crippen LogP contribution in [0.2, 0.25) is 20.4 Å². The number of fused-ring (bicyclic) bond motifs is 1. The first-order chi connectivity index (χ1) is 11.2. The first-order valence-corrected chi connectivity index (χ1v) is 9.25. The van der Waals surface area contributed by atoms with Crippen molar-refractivity contribution in [1.29, 1.82) is 0 Å². The average Bonchev–Trinajstić information content (AvgIpc) is 2.93. The van der Waals surface area contributed by atoms with Gasteiger partial charge < -0.3 is 0 Å². The molecule has 3 aromatic rings. The van der Waals surface area contributed by atoms with Gasteiger partial charge >= 0.3 is 0 Å². The molecule has 7 nitrogen and oxygen atoms in total. The maximum atomic E-state index is 12.5. The quantitative estimate of drug-likeness (QED) is 0.642. The Morgan fingerprint density at radius 2 is 1.83 bits per heavy atom. The zero-order valence-electron chi connectivity index (χ0n) is 11.8. The summed E-state index contributed by atoms with van der Waals surface area (Å²) in [5.41, 5.74) is 0.687. The maximum absolute atomic E-state index is 12.5. The van der Waals surface area contributed by atoms with Gasteiger partial charge in [-0.2, -0.15) is 22.9 Å². The molecule has 1 aromatic carbocycles. The molecule has 12 heteroatoms. The third-order valence-electron chi connectivity index (χ3n) is 2.98. The number of nitrogens with one attached hydrogen (secondary N) is 1. The molecule has 2 aromatic heterocycles. The lowest BCUT2D eigenvalue weighted by molar-refractivity contribution is 0.592. The van der Waals surface area contributed by atoms with E-state index in [2.05, 4.69) is 19.8 Å². The van der Waals surface area contributed by atoms with Gasteiger partial charge in [0.1, 0.15) is 10.3 Å². The first kappa shape index (κ1) is 17.5. The van der Waals surface area contributed by atoms with Gasteiger partial charge in [-0.3, -0.25) is 4.72 Å². The Hall–Kier alpha value is -1.32. The molecule has 2 heterocycles. The van der Waals surface area contributed by atoms with E-state index >= 15 is 0 Å². The number of nitrogens with zero attached hydrogens (tertiary/aromatic N) is 4. The predicted molar refractivity (Wildman–Crippen MR) is 92.8 cm³/mol. The molecule has 126 valence electrons. The van der Waals surface area contributed by atoms with Gasteiger partial charge in [0.2, 0.25) is 0 Å². The van der Waals surface area contributed by atoms with Crippen molar-refractivity contribution >= 4 is 67.9 Å². The maximum Gasteiger partial charge on any atom is 0.299 e. The Morgan fingerprint density at radius 1 is 1.12 bits per heavy atom.